The normalized spacial score (nSPS) is 20.6. The molecule has 1 aliphatic heterocycles. The Kier molecular flexibility index (Phi) is 6.24. The van der Waals surface area contributed by atoms with Crippen LogP contribution < -0.4 is 9.47 Å². The largest absolute Gasteiger partial charge is 0.504 e. The average molecular weight is 371 g/mol. The van der Waals surface area contributed by atoms with Gasteiger partial charge in [0, 0.05) is 19.6 Å². The number of phenols is 1. The Bertz CT molecular complexity index is 762. The second-order valence-corrected chi connectivity index (χ2v) is 7.48. The van der Waals surface area contributed by atoms with Crippen LogP contribution in [0.15, 0.2) is 42.5 Å². The molecule has 2 aromatic carbocycles. The van der Waals surface area contributed by atoms with Crippen LogP contribution >= 0.6 is 0 Å². The molecule has 0 bridgehead atoms. The van der Waals surface area contributed by atoms with E-state index in [1.54, 1.807) is 12.1 Å². The molecular weight excluding hydrogens is 342 g/mol. The first-order chi connectivity index (χ1) is 13.0. The molecule has 1 saturated heterocycles. The van der Waals surface area contributed by atoms with Crippen molar-refractivity contribution in [1.29, 1.82) is 0 Å². The third-order valence-electron chi connectivity index (χ3n) is 5.07. The molecule has 1 fully saturated rings. The fourth-order valence-corrected chi connectivity index (χ4v) is 3.47. The number of β-amino-alcohol motifs (C(OH)–C–C–N with tert-alkyl or cyclic N) is 1. The zero-order chi connectivity index (χ0) is 19.4. The van der Waals surface area contributed by atoms with Crippen molar-refractivity contribution in [2.24, 2.45) is 0 Å². The Morgan fingerprint density at radius 2 is 2.00 bits per heavy atom. The summed E-state index contributed by atoms with van der Waals surface area (Å²) in [4.78, 5) is 2.18. The van der Waals surface area contributed by atoms with Crippen LogP contribution in [-0.2, 0) is 6.54 Å². The van der Waals surface area contributed by atoms with E-state index in [-0.39, 0.29) is 11.9 Å². The first-order valence-corrected chi connectivity index (χ1v) is 9.49. The molecular formula is C22H29NO4. The molecule has 0 saturated carbocycles. The van der Waals surface area contributed by atoms with Crippen molar-refractivity contribution in [1.82, 2.24) is 4.90 Å². The van der Waals surface area contributed by atoms with Crippen molar-refractivity contribution in [3.63, 3.8) is 0 Å². The van der Waals surface area contributed by atoms with Crippen molar-refractivity contribution in [2.45, 2.75) is 44.9 Å². The molecule has 5 nitrogen and oxygen atoms in total. The van der Waals surface area contributed by atoms with Crippen LogP contribution in [0, 0.1) is 0 Å². The van der Waals surface area contributed by atoms with Gasteiger partial charge in [-0.3, -0.25) is 4.90 Å². The Morgan fingerprint density at radius 3 is 2.67 bits per heavy atom. The number of methoxy groups -OCH3 is 1. The molecule has 0 aromatic heterocycles. The summed E-state index contributed by atoms with van der Waals surface area (Å²) >= 11 is 0. The number of benzene rings is 2. The SMILES string of the molecule is COc1ccc(CN2CC[C@@H](Oc3cccc(C(C)C)c3)[C@H](O)C2)cc1O. The van der Waals surface area contributed by atoms with Gasteiger partial charge in [-0.2, -0.15) is 0 Å². The molecule has 2 N–H and O–H groups in total. The van der Waals surface area contributed by atoms with Gasteiger partial charge in [-0.25, -0.2) is 0 Å². The number of ether oxygens (including phenoxy) is 2. The summed E-state index contributed by atoms with van der Waals surface area (Å²) < 4.78 is 11.2. The van der Waals surface area contributed by atoms with Gasteiger partial charge < -0.3 is 19.7 Å². The third-order valence-corrected chi connectivity index (χ3v) is 5.07. The summed E-state index contributed by atoms with van der Waals surface area (Å²) in [5.41, 5.74) is 2.23. The zero-order valence-electron chi connectivity index (χ0n) is 16.3. The minimum atomic E-state index is -0.548. The van der Waals surface area contributed by atoms with E-state index in [1.165, 1.54) is 12.7 Å². The molecule has 146 valence electrons. The lowest BCUT2D eigenvalue weighted by molar-refractivity contribution is -0.0275. The molecule has 0 radical (unpaired) electrons. The van der Waals surface area contributed by atoms with Crippen molar-refractivity contribution < 1.29 is 19.7 Å². The number of aliphatic hydroxyl groups excluding tert-OH is 1. The van der Waals surface area contributed by atoms with E-state index in [0.29, 0.717) is 24.8 Å². The minimum Gasteiger partial charge on any atom is -0.504 e. The fraction of sp³-hybridized carbons (Fsp3) is 0.455. The molecule has 0 amide bonds. The summed E-state index contributed by atoms with van der Waals surface area (Å²) in [6, 6.07) is 13.5. The third kappa shape index (κ3) is 4.93. The molecule has 0 unspecified atom stereocenters. The number of hydrogen-bond acceptors (Lipinski definition) is 5. The number of aromatic hydroxyl groups is 1. The maximum atomic E-state index is 10.6. The molecule has 1 heterocycles. The highest BCUT2D eigenvalue weighted by atomic mass is 16.5. The van der Waals surface area contributed by atoms with Crippen molar-refractivity contribution in [3.05, 3.63) is 53.6 Å². The molecule has 1 aliphatic rings. The number of piperidine rings is 1. The lowest BCUT2D eigenvalue weighted by Crippen LogP contribution is -2.48. The van der Waals surface area contributed by atoms with Gasteiger partial charge in [-0.1, -0.05) is 32.0 Å². The van der Waals surface area contributed by atoms with E-state index in [1.807, 2.05) is 18.2 Å². The quantitative estimate of drug-likeness (QED) is 0.813. The van der Waals surface area contributed by atoms with Gasteiger partial charge in [0.05, 0.1) is 7.11 Å². The van der Waals surface area contributed by atoms with E-state index in [0.717, 1.165) is 24.3 Å². The van der Waals surface area contributed by atoms with Gasteiger partial charge in [0.15, 0.2) is 11.5 Å². The number of aliphatic hydroxyl groups is 1. The Labute approximate surface area is 161 Å². The number of rotatable bonds is 6. The second-order valence-electron chi connectivity index (χ2n) is 7.48. The van der Waals surface area contributed by atoms with Crippen molar-refractivity contribution in [3.8, 4) is 17.2 Å². The van der Waals surface area contributed by atoms with E-state index < -0.39 is 6.10 Å². The van der Waals surface area contributed by atoms with Crippen LogP contribution in [0.5, 0.6) is 17.2 Å². The first-order valence-electron chi connectivity index (χ1n) is 9.49. The van der Waals surface area contributed by atoms with E-state index in [9.17, 15) is 10.2 Å². The molecule has 3 rings (SSSR count). The Balaban J connectivity index is 1.57. The van der Waals surface area contributed by atoms with Crippen LogP contribution in [0.1, 0.15) is 37.3 Å². The fourth-order valence-electron chi connectivity index (χ4n) is 3.47. The zero-order valence-corrected chi connectivity index (χ0v) is 16.3. The average Bonchev–Trinajstić information content (AvgIpc) is 2.64. The molecule has 0 spiro atoms. The lowest BCUT2D eigenvalue weighted by Gasteiger charge is -2.36. The monoisotopic (exact) mass is 371 g/mol. The predicted molar refractivity (Wildman–Crippen MR) is 106 cm³/mol. The van der Waals surface area contributed by atoms with E-state index >= 15 is 0 Å². The van der Waals surface area contributed by atoms with Crippen LogP contribution in [0.3, 0.4) is 0 Å². The van der Waals surface area contributed by atoms with Crippen LogP contribution in [0.2, 0.25) is 0 Å². The molecule has 2 aromatic rings. The van der Waals surface area contributed by atoms with Gasteiger partial charge in [0.2, 0.25) is 0 Å². The summed E-state index contributed by atoms with van der Waals surface area (Å²) in [6.45, 7) is 6.36. The molecule has 0 aliphatic carbocycles. The second kappa shape index (κ2) is 8.63. The predicted octanol–water partition coefficient (Wildman–Crippen LogP) is 3.54. The van der Waals surface area contributed by atoms with Crippen LogP contribution in [0.25, 0.3) is 0 Å². The maximum Gasteiger partial charge on any atom is 0.160 e. The maximum absolute atomic E-state index is 10.6. The highest BCUT2D eigenvalue weighted by Gasteiger charge is 2.29. The lowest BCUT2D eigenvalue weighted by atomic mass is 10.0. The van der Waals surface area contributed by atoms with Crippen LogP contribution in [0.4, 0.5) is 0 Å². The van der Waals surface area contributed by atoms with Gasteiger partial charge in [-0.15, -0.1) is 0 Å². The number of hydrogen-bond donors (Lipinski definition) is 2. The minimum absolute atomic E-state index is 0.138. The summed E-state index contributed by atoms with van der Waals surface area (Å²) in [7, 11) is 1.53. The molecule has 2 atom stereocenters. The van der Waals surface area contributed by atoms with Crippen molar-refractivity contribution >= 4 is 0 Å². The molecule has 5 heteroatoms. The van der Waals surface area contributed by atoms with E-state index in [2.05, 4.69) is 30.9 Å². The van der Waals surface area contributed by atoms with Crippen molar-refractivity contribution in [2.75, 3.05) is 20.2 Å². The topological polar surface area (TPSA) is 62.2 Å². The first kappa shape index (κ1) is 19.5. The Hall–Kier alpha value is -2.24. The van der Waals surface area contributed by atoms with Crippen LogP contribution in [-0.4, -0.2) is 47.5 Å². The number of likely N-dealkylation sites (tertiary alicyclic amines) is 1. The number of phenolic OH excluding ortho intramolecular Hbond substituents is 1. The number of nitrogens with zero attached hydrogens (tertiary/aromatic N) is 1. The Morgan fingerprint density at radius 1 is 1.19 bits per heavy atom. The van der Waals surface area contributed by atoms with Gasteiger partial charge in [0.25, 0.3) is 0 Å². The van der Waals surface area contributed by atoms with Gasteiger partial charge in [-0.05, 0) is 47.7 Å². The highest BCUT2D eigenvalue weighted by Crippen LogP contribution is 2.28. The van der Waals surface area contributed by atoms with Gasteiger partial charge >= 0.3 is 0 Å². The smallest absolute Gasteiger partial charge is 0.160 e. The van der Waals surface area contributed by atoms with E-state index in [4.69, 9.17) is 9.47 Å². The summed E-state index contributed by atoms with van der Waals surface area (Å²) in [6.07, 6.45) is 0.0103. The summed E-state index contributed by atoms with van der Waals surface area (Å²) in [5.74, 6) is 1.87. The highest BCUT2D eigenvalue weighted by molar-refractivity contribution is 5.41. The van der Waals surface area contributed by atoms with Gasteiger partial charge in [0.1, 0.15) is 18.0 Å². The summed E-state index contributed by atoms with van der Waals surface area (Å²) in [5, 5.41) is 20.5. The molecule has 27 heavy (non-hydrogen) atoms. The standard InChI is InChI=1S/C22H29NO4/c1-15(2)17-5-4-6-18(12-17)27-22-9-10-23(14-20(22)25)13-16-7-8-21(26-3)19(24)11-16/h4-8,11-12,15,20,22,24-25H,9-10,13-14H2,1-3H3/t20-,22-/m1/s1.